The van der Waals surface area contributed by atoms with Crippen molar-refractivity contribution in [1.29, 1.82) is 0 Å². The third-order valence-electron chi connectivity index (χ3n) is 4.96. The fourth-order valence-corrected chi connectivity index (χ4v) is 4.01. The summed E-state index contributed by atoms with van der Waals surface area (Å²) in [4.78, 5) is 21.4. The van der Waals surface area contributed by atoms with Gasteiger partial charge in [0, 0.05) is 25.2 Å². The van der Waals surface area contributed by atoms with Crippen LogP contribution < -0.4 is 4.74 Å². The van der Waals surface area contributed by atoms with Gasteiger partial charge in [0.2, 0.25) is 0 Å². The number of carboxylic acid groups (broad SMARTS) is 2. The highest BCUT2D eigenvalue weighted by molar-refractivity contribution is 6.99. The van der Waals surface area contributed by atoms with Gasteiger partial charge in [-0.15, -0.1) is 4.37 Å². The lowest BCUT2D eigenvalue weighted by Gasteiger charge is -2.22. The molecule has 3 rings (SSSR count). The third kappa shape index (κ3) is 8.74. The van der Waals surface area contributed by atoms with Crippen molar-refractivity contribution in [2.24, 2.45) is 5.92 Å². The van der Waals surface area contributed by atoms with Crippen molar-refractivity contribution >= 4 is 29.2 Å². The zero-order valence-electron chi connectivity index (χ0n) is 16.7. The number of rotatable bonds is 7. The highest BCUT2D eigenvalue weighted by Crippen LogP contribution is 2.29. The molecule has 29 heavy (non-hydrogen) atoms. The van der Waals surface area contributed by atoms with Gasteiger partial charge in [0.1, 0.15) is 5.69 Å². The minimum Gasteiger partial charge on any atom is -0.478 e. The zero-order chi connectivity index (χ0) is 21.1. The number of carbonyl (C=O) groups is 2. The Bertz CT molecular complexity index is 709. The molecule has 0 unspecified atom stereocenters. The number of aromatic nitrogens is 2. The van der Waals surface area contributed by atoms with Crippen molar-refractivity contribution in [3.63, 3.8) is 0 Å². The molecule has 0 spiro atoms. The molecule has 0 aromatic carbocycles. The van der Waals surface area contributed by atoms with E-state index in [1.807, 2.05) is 0 Å². The summed E-state index contributed by atoms with van der Waals surface area (Å²) < 4.78 is 14.7. The van der Waals surface area contributed by atoms with E-state index in [4.69, 9.17) is 14.9 Å². The highest BCUT2D eigenvalue weighted by Gasteiger charge is 2.19. The highest BCUT2D eigenvalue weighted by atomic mass is 32.1. The summed E-state index contributed by atoms with van der Waals surface area (Å²) in [6, 6.07) is 0. The predicted molar refractivity (Wildman–Crippen MR) is 111 cm³/mol. The molecule has 0 amide bonds. The lowest BCUT2D eigenvalue weighted by Crippen LogP contribution is -2.25. The standard InChI is InChI=1S/C16H25N3OS.C4H4O4/c1-19-10-5-8-14(12-19)15-16(18-21-17-15)20-11-9-13-6-3-2-4-7-13;5-3(6)1-2-4(7)8/h8,13H,2-7,9-12H2,1H3;1-2H,(H,5,6)(H,7,8)/b;2-1-. The van der Waals surface area contributed by atoms with Gasteiger partial charge in [-0.3, -0.25) is 0 Å². The second-order valence-electron chi connectivity index (χ2n) is 7.32. The van der Waals surface area contributed by atoms with Crippen LogP contribution >= 0.6 is 11.7 Å². The first-order chi connectivity index (χ1) is 14.0. The van der Waals surface area contributed by atoms with Gasteiger partial charge < -0.3 is 19.8 Å². The average Bonchev–Trinajstić information content (AvgIpc) is 3.16. The molecule has 0 saturated heterocycles. The Kier molecular flexibility index (Phi) is 9.79. The van der Waals surface area contributed by atoms with Crippen molar-refractivity contribution in [2.45, 2.75) is 44.9 Å². The molecule has 2 aliphatic rings. The second-order valence-corrected chi connectivity index (χ2v) is 7.85. The third-order valence-corrected chi connectivity index (χ3v) is 5.47. The van der Waals surface area contributed by atoms with E-state index in [2.05, 4.69) is 26.8 Å². The average molecular weight is 424 g/mol. The molecule has 8 nitrogen and oxygen atoms in total. The zero-order valence-corrected chi connectivity index (χ0v) is 17.6. The van der Waals surface area contributed by atoms with E-state index in [1.54, 1.807) is 0 Å². The topological polar surface area (TPSA) is 113 Å². The molecule has 9 heteroatoms. The molecule has 1 fully saturated rings. The van der Waals surface area contributed by atoms with E-state index in [1.165, 1.54) is 49.4 Å². The molecule has 1 aromatic rings. The number of aliphatic carboxylic acids is 2. The molecule has 1 aromatic heterocycles. The van der Waals surface area contributed by atoms with Crippen molar-refractivity contribution in [2.75, 3.05) is 26.7 Å². The second kappa shape index (κ2) is 12.3. The fourth-order valence-electron chi connectivity index (χ4n) is 3.48. The molecule has 1 aliphatic heterocycles. The summed E-state index contributed by atoms with van der Waals surface area (Å²) in [7, 11) is 2.15. The minimum absolute atomic E-state index is 0.558. The normalized spacial score (nSPS) is 18.0. The molecule has 0 atom stereocenters. The summed E-state index contributed by atoms with van der Waals surface area (Å²) in [5, 5.41) is 15.6. The predicted octanol–water partition coefficient (Wildman–Crippen LogP) is 3.32. The Morgan fingerprint density at radius 1 is 1.21 bits per heavy atom. The van der Waals surface area contributed by atoms with Crippen molar-refractivity contribution < 1.29 is 24.5 Å². The van der Waals surface area contributed by atoms with Crippen LogP contribution in [0.2, 0.25) is 0 Å². The molecule has 1 saturated carbocycles. The SMILES string of the molecule is CN1CCC=C(c2nsnc2OCCC2CCCCC2)C1.O=C(O)/C=C\C(=O)O. The quantitative estimate of drug-likeness (QED) is 0.642. The Morgan fingerprint density at radius 3 is 2.52 bits per heavy atom. The van der Waals surface area contributed by atoms with Crippen LogP contribution in [-0.4, -0.2) is 62.5 Å². The maximum Gasteiger partial charge on any atom is 0.328 e. The van der Waals surface area contributed by atoms with Gasteiger partial charge in [-0.2, -0.15) is 4.37 Å². The Morgan fingerprint density at radius 2 is 1.90 bits per heavy atom. The van der Waals surface area contributed by atoms with Gasteiger partial charge in [-0.1, -0.05) is 38.2 Å². The molecule has 0 radical (unpaired) electrons. The molecule has 2 heterocycles. The van der Waals surface area contributed by atoms with Gasteiger partial charge >= 0.3 is 11.9 Å². The molecular formula is C20H29N3O5S. The molecule has 2 N–H and O–H groups in total. The van der Waals surface area contributed by atoms with Gasteiger partial charge in [-0.25, -0.2) is 9.59 Å². The van der Waals surface area contributed by atoms with Crippen molar-refractivity contribution in [1.82, 2.24) is 13.6 Å². The van der Waals surface area contributed by atoms with Crippen LogP contribution in [0.25, 0.3) is 5.57 Å². The van der Waals surface area contributed by atoms with E-state index in [0.717, 1.165) is 50.0 Å². The monoisotopic (exact) mass is 423 g/mol. The number of hydrogen-bond donors (Lipinski definition) is 2. The van der Waals surface area contributed by atoms with Crippen LogP contribution in [0, 0.1) is 5.92 Å². The number of carboxylic acids is 2. The Hall–Kier alpha value is -2.26. The van der Waals surface area contributed by atoms with Crippen LogP contribution in [0.15, 0.2) is 18.2 Å². The number of hydrogen-bond acceptors (Lipinski definition) is 7. The van der Waals surface area contributed by atoms with Gasteiger partial charge in [0.15, 0.2) is 0 Å². The van der Waals surface area contributed by atoms with E-state index < -0.39 is 11.9 Å². The fraction of sp³-hybridized carbons (Fsp3) is 0.600. The Balaban J connectivity index is 0.000000321. The molecule has 1 aliphatic carbocycles. The van der Waals surface area contributed by atoms with Crippen LogP contribution in [0.4, 0.5) is 0 Å². The lowest BCUT2D eigenvalue weighted by molar-refractivity contribution is -0.134. The first-order valence-corrected chi connectivity index (χ1v) is 10.7. The largest absolute Gasteiger partial charge is 0.478 e. The minimum atomic E-state index is -1.26. The summed E-state index contributed by atoms with van der Waals surface area (Å²) in [6.45, 7) is 2.86. The van der Waals surface area contributed by atoms with Gasteiger partial charge in [-0.05, 0) is 31.4 Å². The summed E-state index contributed by atoms with van der Waals surface area (Å²) in [5.74, 6) is -0.911. The van der Waals surface area contributed by atoms with E-state index >= 15 is 0 Å². The smallest absolute Gasteiger partial charge is 0.328 e. The Labute approximate surface area is 175 Å². The lowest BCUT2D eigenvalue weighted by atomic mass is 9.87. The van der Waals surface area contributed by atoms with Crippen molar-refractivity contribution in [3.05, 3.63) is 23.9 Å². The summed E-state index contributed by atoms with van der Waals surface area (Å²) >= 11 is 1.26. The van der Waals surface area contributed by atoms with Crippen molar-refractivity contribution in [3.8, 4) is 5.88 Å². The van der Waals surface area contributed by atoms with Crippen LogP contribution in [0.1, 0.15) is 50.6 Å². The maximum atomic E-state index is 9.55. The maximum absolute atomic E-state index is 9.55. The number of ether oxygens (including phenoxy) is 1. The van der Waals surface area contributed by atoms with Crippen LogP contribution in [0.5, 0.6) is 5.88 Å². The van der Waals surface area contributed by atoms with Crippen LogP contribution in [0.3, 0.4) is 0 Å². The van der Waals surface area contributed by atoms with E-state index in [0.29, 0.717) is 12.2 Å². The summed E-state index contributed by atoms with van der Waals surface area (Å²) in [5.41, 5.74) is 2.24. The molecule has 0 bridgehead atoms. The first kappa shape index (κ1) is 23.0. The van der Waals surface area contributed by atoms with E-state index in [9.17, 15) is 9.59 Å². The van der Waals surface area contributed by atoms with Gasteiger partial charge in [0.05, 0.1) is 18.3 Å². The summed E-state index contributed by atoms with van der Waals surface area (Å²) in [6.07, 6.45) is 12.6. The molecule has 160 valence electrons. The van der Waals surface area contributed by atoms with Crippen LogP contribution in [-0.2, 0) is 9.59 Å². The molecular weight excluding hydrogens is 394 g/mol. The van der Waals surface area contributed by atoms with Gasteiger partial charge in [0.25, 0.3) is 5.88 Å². The van der Waals surface area contributed by atoms with E-state index in [-0.39, 0.29) is 0 Å². The first-order valence-electron chi connectivity index (χ1n) is 9.93. The number of likely N-dealkylation sites (N-methyl/N-ethyl adjacent to an activating group) is 1. The number of nitrogens with zero attached hydrogens (tertiary/aromatic N) is 3.